The van der Waals surface area contributed by atoms with Crippen molar-refractivity contribution in [3.05, 3.63) is 35.4 Å². The Balaban J connectivity index is 1.72. The molecule has 2 rings (SSSR count). The van der Waals surface area contributed by atoms with Crippen molar-refractivity contribution in [2.45, 2.75) is 25.2 Å². The molecule has 1 aliphatic carbocycles. The second-order valence-corrected chi connectivity index (χ2v) is 4.82. The minimum atomic E-state index is 0.0206. The lowest BCUT2D eigenvalue weighted by Crippen LogP contribution is -2.28. The van der Waals surface area contributed by atoms with Crippen molar-refractivity contribution in [2.24, 2.45) is 0 Å². The second-order valence-electron chi connectivity index (χ2n) is 4.82. The van der Waals surface area contributed by atoms with Crippen molar-refractivity contribution in [1.82, 2.24) is 5.32 Å². The summed E-state index contributed by atoms with van der Waals surface area (Å²) in [5.74, 6) is 0.434. The van der Waals surface area contributed by atoms with Crippen LogP contribution in [0.3, 0.4) is 0 Å². The van der Waals surface area contributed by atoms with Crippen molar-refractivity contribution in [3.8, 4) is 0 Å². The van der Waals surface area contributed by atoms with E-state index in [4.69, 9.17) is 9.84 Å². The summed E-state index contributed by atoms with van der Waals surface area (Å²) >= 11 is 0. The van der Waals surface area contributed by atoms with Crippen molar-refractivity contribution in [3.63, 3.8) is 0 Å². The van der Waals surface area contributed by atoms with E-state index in [1.165, 1.54) is 11.1 Å². The van der Waals surface area contributed by atoms with Gasteiger partial charge in [-0.25, -0.2) is 0 Å². The lowest BCUT2D eigenvalue weighted by molar-refractivity contribution is -0.121. The van der Waals surface area contributed by atoms with E-state index >= 15 is 0 Å². The number of rotatable bonds is 7. The van der Waals surface area contributed by atoms with Gasteiger partial charge in [0.1, 0.15) is 0 Å². The number of amides is 1. The molecular weight excluding hydrogens is 242 g/mol. The molecule has 0 saturated carbocycles. The van der Waals surface area contributed by atoms with Crippen molar-refractivity contribution in [2.75, 3.05) is 26.4 Å². The van der Waals surface area contributed by atoms with E-state index in [9.17, 15) is 4.79 Å². The highest BCUT2D eigenvalue weighted by molar-refractivity contribution is 5.77. The molecule has 0 radical (unpaired) electrons. The zero-order valence-corrected chi connectivity index (χ0v) is 11.1. The van der Waals surface area contributed by atoms with Crippen LogP contribution in [0.5, 0.6) is 0 Å². The number of benzene rings is 1. The molecule has 0 bridgehead atoms. The Morgan fingerprint density at radius 3 is 3.05 bits per heavy atom. The van der Waals surface area contributed by atoms with E-state index in [0.29, 0.717) is 32.1 Å². The van der Waals surface area contributed by atoms with Gasteiger partial charge < -0.3 is 15.2 Å². The normalized spacial score (nSPS) is 17.2. The van der Waals surface area contributed by atoms with Crippen LogP contribution in [0.25, 0.3) is 0 Å². The fourth-order valence-electron chi connectivity index (χ4n) is 2.58. The van der Waals surface area contributed by atoms with Crippen LogP contribution in [0, 0.1) is 0 Å². The fourth-order valence-corrected chi connectivity index (χ4v) is 2.58. The largest absolute Gasteiger partial charge is 0.394 e. The predicted octanol–water partition coefficient (Wildman–Crippen LogP) is 1.23. The maximum atomic E-state index is 11.8. The lowest BCUT2D eigenvalue weighted by Gasteiger charge is -2.11. The molecule has 2 N–H and O–H groups in total. The van der Waals surface area contributed by atoms with Gasteiger partial charge in [0, 0.05) is 13.0 Å². The number of carbonyl (C=O) groups excluding carboxylic acids is 1. The first kappa shape index (κ1) is 14.0. The molecule has 0 spiro atoms. The molecule has 19 heavy (non-hydrogen) atoms. The minimum Gasteiger partial charge on any atom is -0.394 e. The Morgan fingerprint density at radius 1 is 1.37 bits per heavy atom. The van der Waals surface area contributed by atoms with Crippen LogP contribution >= 0.6 is 0 Å². The molecule has 1 aromatic rings. The molecule has 0 fully saturated rings. The van der Waals surface area contributed by atoms with Gasteiger partial charge in [0.05, 0.1) is 19.8 Å². The van der Waals surface area contributed by atoms with Gasteiger partial charge in [0.25, 0.3) is 0 Å². The molecule has 1 aromatic carbocycles. The van der Waals surface area contributed by atoms with Crippen LogP contribution in [0.2, 0.25) is 0 Å². The standard InChI is InChI=1S/C15H21NO3/c17-8-10-19-9-7-16-15(18)11-13-6-5-12-3-1-2-4-14(12)13/h1-4,13,17H,5-11H2,(H,16,18)/t13-/m1/s1. The molecule has 1 atom stereocenters. The Kier molecular flexibility index (Phi) is 5.36. The van der Waals surface area contributed by atoms with E-state index in [0.717, 1.165) is 12.8 Å². The van der Waals surface area contributed by atoms with Gasteiger partial charge in [-0.1, -0.05) is 24.3 Å². The summed E-state index contributed by atoms with van der Waals surface area (Å²) in [6.45, 7) is 1.30. The van der Waals surface area contributed by atoms with Gasteiger partial charge in [-0.15, -0.1) is 0 Å². The van der Waals surface area contributed by atoms with E-state index in [2.05, 4.69) is 23.5 Å². The summed E-state index contributed by atoms with van der Waals surface area (Å²) in [5.41, 5.74) is 2.71. The monoisotopic (exact) mass is 263 g/mol. The van der Waals surface area contributed by atoms with Crippen LogP contribution in [-0.4, -0.2) is 37.4 Å². The number of carbonyl (C=O) groups is 1. The SMILES string of the molecule is O=C(C[C@H]1CCc2ccccc21)NCCOCCO. The van der Waals surface area contributed by atoms with Gasteiger partial charge in [0.2, 0.25) is 5.91 Å². The third-order valence-electron chi connectivity index (χ3n) is 3.49. The summed E-state index contributed by atoms with van der Waals surface area (Å²) < 4.78 is 5.09. The predicted molar refractivity (Wildman–Crippen MR) is 73.0 cm³/mol. The van der Waals surface area contributed by atoms with Gasteiger partial charge in [0.15, 0.2) is 0 Å². The molecule has 4 heteroatoms. The Morgan fingerprint density at radius 2 is 2.21 bits per heavy atom. The van der Waals surface area contributed by atoms with Crippen LogP contribution in [0.1, 0.15) is 29.9 Å². The first-order chi connectivity index (χ1) is 9.31. The molecule has 1 amide bonds. The van der Waals surface area contributed by atoms with Crippen molar-refractivity contribution < 1.29 is 14.6 Å². The Bertz CT molecular complexity index is 420. The molecule has 4 nitrogen and oxygen atoms in total. The third kappa shape index (κ3) is 4.04. The molecule has 0 aliphatic heterocycles. The zero-order valence-electron chi connectivity index (χ0n) is 11.1. The van der Waals surface area contributed by atoms with Crippen molar-refractivity contribution in [1.29, 1.82) is 0 Å². The third-order valence-corrected chi connectivity index (χ3v) is 3.49. The number of aliphatic hydroxyl groups excluding tert-OH is 1. The van der Waals surface area contributed by atoms with Gasteiger partial charge in [-0.2, -0.15) is 0 Å². The van der Waals surface area contributed by atoms with E-state index in [-0.39, 0.29) is 12.5 Å². The molecular formula is C15H21NO3. The van der Waals surface area contributed by atoms with Crippen molar-refractivity contribution >= 4 is 5.91 Å². The van der Waals surface area contributed by atoms with Crippen LogP contribution in [0.15, 0.2) is 24.3 Å². The Labute approximate surface area is 113 Å². The molecule has 0 saturated heterocycles. The number of nitrogens with one attached hydrogen (secondary N) is 1. The lowest BCUT2D eigenvalue weighted by atomic mass is 9.97. The minimum absolute atomic E-state index is 0.0206. The first-order valence-electron chi connectivity index (χ1n) is 6.84. The van der Waals surface area contributed by atoms with Crippen LogP contribution in [0.4, 0.5) is 0 Å². The number of aryl methyl sites for hydroxylation is 1. The molecule has 0 aromatic heterocycles. The number of ether oxygens (including phenoxy) is 1. The fraction of sp³-hybridized carbons (Fsp3) is 0.533. The van der Waals surface area contributed by atoms with Gasteiger partial charge in [-0.05, 0) is 29.9 Å². The number of fused-ring (bicyclic) bond motifs is 1. The van der Waals surface area contributed by atoms with E-state index < -0.39 is 0 Å². The number of aliphatic hydroxyl groups is 1. The molecule has 0 unspecified atom stereocenters. The smallest absolute Gasteiger partial charge is 0.220 e. The topological polar surface area (TPSA) is 58.6 Å². The maximum Gasteiger partial charge on any atom is 0.220 e. The molecule has 1 aliphatic rings. The number of hydrogen-bond donors (Lipinski definition) is 2. The molecule has 104 valence electrons. The van der Waals surface area contributed by atoms with Gasteiger partial charge in [-0.3, -0.25) is 4.79 Å². The second kappa shape index (κ2) is 7.26. The van der Waals surface area contributed by atoms with Crippen LogP contribution in [-0.2, 0) is 16.0 Å². The average molecular weight is 263 g/mol. The van der Waals surface area contributed by atoms with Gasteiger partial charge >= 0.3 is 0 Å². The summed E-state index contributed by atoms with van der Waals surface area (Å²) in [6.07, 6.45) is 2.69. The average Bonchev–Trinajstić information content (AvgIpc) is 2.82. The van der Waals surface area contributed by atoms with E-state index in [1.807, 2.05) is 6.07 Å². The highest BCUT2D eigenvalue weighted by Crippen LogP contribution is 2.34. The first-order valence-corrected chi connectivity index (χ1v) is 6.84. The highest BCUT2D eigenvalue weighted by atomic mass is 16.5. The number of hydrogen-bond acceptors (Lipinski definition) is 3. The highest BCUT2D eigenvalue weighted by Gasteiger charge is 2.23. The quantitative estimate of drug-likeness (QED) is 0.727. The van der Waals surface area contributed by atoms with Crippen LogP contribution < -0.4 is 5.32 Å². The maximum absolute atomic E-state index is 11.8. The van der Waals surface area contributed by atoms with E-state index in [1.54, 1.807) is 0 Å². The molecule has 0 heterocycles. The summed E-state index contributed by atoms with van der Waals surface area (Å²) in [7, 11) is 0. The summed E-state index contributed by atoms with van der Waals surface area (Å²) in [4.78, 5) is 11.8. The summed E-state index contributed by atoms with van der Waals surface area (Å²) in [6, 6.07) is 8.37. The zero-order chi connectivity index (χ0) is 13.5. The summed E-state index contributed by atoms with van der Waals surface area (Å²) in [5, 5.41) is 11.4. The Hall–Kier alpha value is -1.39.